The number of benzene rings is 1. The van der Waals surface area contributed by atoms with Crippen LogP contribution in [0.4, 0.5) is 10.5 Å². The Bertz CT molecular complexity index is 743. The number of hydrogen-bond acceptors (Lipinski definition) is 6. The SMILES string of the molecule is O=C(CN1CCN(c2ccccc2O)CC1)NC(=O)NCc1cccs1. The number of para-hydroxylation sites is 2. The third-order valence-electron chi connectivity index (χ3n) is 4.22. The molecule has 0 spiro atoms. The average Bonchev–Trinajstić information content (AvgIpc) is 3.15. The monoisotopic (exact) mass is 374 g/mol. The minimum Gasteiger partial charge on any atom is -0.506 e. The van der Waals surface area contributed by atoms with Crippen molar-refractivity contribution in [2.24, 2.45) is 0 Å². The molecular weight excluding hydrogens is 352 g/mol. The van der Waals surface area contributed by atoms with Gasteiger partial charge in [0.1, 0.15) is 5.75 Å². The Labute approximate surface area is 156 Å². The maximum Gasteiger partial charge on any atom is 0.321 e. The highest BCUT2D eigenvalue weighted by Gasteiger charge is 2.21. The van der Waals surface area contributed by atoms with Gasteiger partial charge in [0.25, 0.3) is 0 Å². The van der Waals surface area contributed by atoms with Crippen LogP contribution in [0.15, 0.2) is 41.8 Å². The fraction of sp³-hybridized carbons (Fsp3) is 0.333. The van der Waals surface area contributed by atoms with Gasteiger partial charge in [0.15, 0.2) is 0 Å². The molecule has 0 atom stereocenters. The number of amides is 3. The van der Waals surface area contributed by atoms with Crippen molar-refractivity contribution in [1.29, 1.82) is 0 Å². The van der Waals surface area contributed by atoms with Gasteiger partial charge < -0.3 is 15.3 Å². The highest BCUT2D eigenvalue weighted by Crippen LogP contribution is 2.27. The topological polar surface area (TPSA) is 84.9 Å². The van der Waals surface area contributed by atoms with Crippen molar-refractivity contribution in [3.63, 3.8) is 0 Å². The molecule has 3 rings (SSSR count). The van der Waals surface area contributed by atoms with Gasteiger partial charge in [-0.2, -0.15) is 0 Å². The molecule has 0 radical (unpaired) electrons. The number of rotatable bonds is 5. The lowest BCUT2D eigenvalue weighted by molar-refractivity contribution is -0.121. The smallest absolute Gasteiger partial charge is 0.321 e. The number of carbonyl (C=O) groups excluding carboxylic acids is 2. The van der Waals surface area contributed by atoms with Gasteiger partial charge in [-0.25, -0.2) is 4.79 Å². The van der Waals surface area contributed by atoms with Crippen molar-refractivity contribution >= 4 is 29.0 Å². The van der Waals surface area contributed by atoms with Crippen molar-refractivity contribution in [3.8, 4) is 5.75 Å². The lowest BCUT2D eigenvalue weighted by Gasteiger charge is -2.35. The Balaban J connectivity index is 1.39. The van der Waals surface area contributed by atoms with Gasteiger partial charge in [0.05, 0.1) is 18.8 Å². The first kappa shape index (κ1) is 18.2. The molecule has 2 aromatic rings. The summed E-state index contributed by atoms with van der Waals surface area (Å²) in [5, 5.41) is 16.9. The van der Waals surface area contributed by atoms with Crippen LogP contribution in [0.25, 0.3) is 0 Å². The van der Waals surface area contributed by atoms with Crippen molar-refractivity contribution in [1.82, 2.24) is 15.5 Å². The molecule has 7 nitrogen and oxygen atoms in total. The first-order valence-corrected chi connectivity index (χ1v) is 9.35. The van der Waals surface area contributed by atoms with Gasteiger partial charge in [0.2, 0.25) is 5.91 Å². The third kappa shape index (κ3) is 4.96. The molecule has 1 saturated heterocycles. The van der Waals surface area contributed by atoms with Crippen molar-refractivity contribution in [3.05, 3.63) is 46.7 Å². The van der Waals surface area contributed by atoms with Gasteiger partial charge in [-0.15, -0.1) is 11.3 Å². The number of anilines is 1. The van der Waals surface area contributed by atoms with Gasteiger partial charge in [-0.3, -0.25) is 15.0 Å². The summed E-state index contributed by atoms with van der Waals surface area (Å²) in [6.07, 6.45) is 0. The first-order valence-electron chi connectivity index (χ1n) is 8.47. The van der Waals surface area contributed by atoms with E-state index in [1.807, 2.05) is 34.5 Å². The van der Waals surface area contributed by atoms with E-state index < -0.39 is 6.03 Å². The van der Waals surface area contributed by atoms with Crippen LogP contribution in [0.2, 0.25) is 0 Å². The quantitative estimate of drug-likeness (QED) is 0.740. The van der Waals surface area contributed by atoms with Gasteiger partial charge in [-0.1, -0.05) is 18.2 Å². The van der Waals surface area contributed by atoms with E-state index >= 15 is 0 Å². The number of nitrogens with zero attached hydrogens (tertiary/aromatic N) is 2. The molecule has 138 valence electrons. The Morgan fingerprint density at radius 2 is 1.85 bits per heavy atom. The van der Waals surface area contributed by atoms with E-state index in [9.17, 15) is 14.7 Å². The van der Waals surface area contributed by atoms with Crippen LogP contribution in [-0.4, -0.2) is 54.7 Å². The second kappa shape index (κ2) is 8.68. The number of phenolic OH excluding ortho intramolecular Hbond substituents is 1. The second-order valence-corrected chi connectivity index (χ2v) is 7.09. The zero-order chi connectivity index (χ0) is 18.4. The molecule has 0 saturated carbocycles. The number of carbonyl (C=O) groups is 2. The Morgan fingerprint density at radius 3 is 2.54 bits per heavy atom. The first-order chi connectivity index (χ1) is 12.6. The van der Waals surface area contributed by atoms with Gasteiger partial charge in [0, 0.05) is 31.1 Å². The Hall–Kier alpha value is -2.58. The molecule has 3 N–H and O–H groups in total. The van der Waals surface area contributed by atoms with E-state index in [4.69, 9.17) is 0 Å². The summed E-state index contributed by atoms with van der Waals surface area (Å²) >= 11 is 1.55. The molecule has 1 aliphatic rings. The summed E-state index contributed by atoms with van der Waals surface area (Å²) in [6, 6.07) is 10.6. The van der Waals surface area contributed by atoms with E-state index in [1.165, 1.54) is 0 Å². The molecule has 1 aromatic heterocycles. The fourth-order valence-electron chi connectivity index (χ4n) is 2.87. The number of aromatic hydroxyl groups is 1. The zero-order valence-corrected chi connectivity index (χ0v) is 15.2. The summed E-state index contributed by atoms with van der Waals surface area (Å²) in [5.74, 6) is -0.0502. The molecule has 1 aliphatic heterocycles. The van der Waals surface area contributed by atoms with Crippen LogP contribution in [0.5, 0.6) is 5.75 Å². The summed E-state index contributed by atoms with van der Waals surface area (Å²) in [4.78, 5) is 28.9. The molecular formula is C18H22N4O3S. The number of thiophene rings is 1. The van der Waals surface area contributed by atoms with Crippen molar-refractivity contribution in [2.75, 3.05) is 37.6 Å². The minimum absolute atomic E-state index is 0.182. The van der Waals surface area contributed by atoms with Crippen LogP contribution in [-0.2, 0) is 11.3 Å². The Kier molecular flexibility index (Phi) is 6.08. The molecule has 1 fully saturated rings. The average molecular weight is 374 g/mol. The lowest BCUT2D eigenvalue weighted by Crippen LogP contribution is -2.51. The third-order valence-corrected chi connectivity index (χ3v) is 5.09. The summed E-state index contributed by atoms with van der Waals surface area (Å²) < 4.78 is 0. The van der Waals surface area contributed by atoms with Gasteiger partial charge in [-0.05, 0) is 23.6 Å². The van der Waals surface area contributed by atoms with Crippen molar-refractivity contribution in [2.45, 2.75) is 6.54 Å². The maximum absolute atomic E-state index is 12.0. The highest BCUT2D eigenvalue weighted by atomic mass is 32.1. The summed E-state index contributed by atoms with van der Waals surface area (Å²) in [7, 11) is 0. The van der Waals surface area contributed by atoms with Crippen LogP contribution in [0.1, 0.15) is 4.88 Å². The number of urea groups is 1. The molecule has 1 aromatic carbocycles. The van der Waals surface area contributed by atoms with Crippen LogP contribution < -0.4 is 15.5 Å². The van der Waals surface area contributed by atoms with E-state index in [0.717, 1.165) is 23.7 Å². The highest BCUT2D eigenvalue weighted by molar-refractivity contribution is 7.09. The molecule has 0 unspecified atom stereocenters. The number of phenols is 1. The fourth-order valence-corrected chi connectivity index (χ4v) is 3.52. The van der Waals surface area contributed by atoms with Crippen LogP contribution in [0, 0.1) is 0 Å². The summed E-state index contributed by atoms with van der Waals surface area (Å²) in [5.41, 5.74) is 0.810. The number of hydrogen-bond donors (Lipinski definition) is 3. The molecule has 8 heteroatoms. The normalized spacial score (nSPS) is 14.8. The van der Waals surface area contributed by atoms with Crippen molar-refractivity contribution < 1.29 is 14.7 Å². The molecule has 26 heavy (non-hydrogen) atoms. The van der Waals surface area contributed by atoms with Gasteiger partial charge >= 0.3 is 6.03 Å². The number of nitrogens with one attached hydrogen (secondary N) is 2. The van der Waals surface area contributed by atoms with Crippen LogP contribution >= 0.6 is 11.3 Å². The van der Waals surface area contributed by atoms with E-state index in [0.29, 0.717) is 19.6 Å². The number of imide groups is 1. The van der Waals surface area contributed by atoms with E-state index in [2.05, 4.69) is 15.5 Å². The largest absolute Gasteiger partial charge is 0.506 e. The predicted molar refractivity (Wildman–Crippen MR) is 101 cm³/mol. The predicted octanol–water partition coefficient (Wildman–Crippen LogP) is 1.60. The standard InChI is InChI=1S/C18H22N4O3S/c23-16-6-2-1-5-15(16)22-9-7-21(8-10-22)13-17(24)20-18(25)19-12-14-4-3-11-26-14/h1-6,11,23H,7-10,12-13H2,(H2,19,20,24,25). The number of piperazine rings is 1. The second-order valence-electron chi connectivity index (χ2n) is 6.06. The van der Waals surface area contributed by atoms with E-state index in [1.54, 1.807) is 23.5 Å². The zero-order valence-electron chi connectivity index (χ0n) is 14.4. The molecule has 0 aliphatic carbocycles. The van der Waals surface area contributed by atoms with Crippen LogP contribution in [0.3, 0.4) is 0 Å². The minimum atomic E-state index is -0.476. The molecule has 2 heterocycles. The maximum atomic E-state index is 12.0. The molecule has 0 bridgehead atoms. The molecule has 3 amide bonds. The summed E-state index contributed by atoms with van der Waals surface area (Å²) in [6.45, 7) is 3.42. The Morgan fingerprint density at radius 1 is 1.08 bits per heavy atom. The van der Waals surface area contributed by atoms with E-state index in [-0.39, 0.29) is 18.2 Å². The lowest BCUT2D eigenvalue weighted by atomic mass is 10.2.